The van der Waals surface area contributed by atoms with E-state index in [4.69, 9.17) is 0 Å². The lowest BCUT2D eigenvalue weighted by atomic mass is 10.1. The monoisotopic (exact) mass is 280 g/mol. The summed E-state index contributed by atoms with van der Waals surface area (Å²) in [6.07, 6.45) is 1.53. The van der Waals surface area contributed by atoms with Gasteiger partial charge >= 0.3 is 0 Å². The van der Waals surface area contributed by atoms with Crippen LogP contribution < -0.4 is 4.90 Å². The van der Waals surface area contributed by atoms with Gasteiger partial charge in [-0.2, -0.15) is 0 Å². The van der Waals surface area contributed by atoms with Crippen molar-refractivity contribution < 1.29 is 8.78 Å². The highest BCUT2D eigenvalue weighted by Gasteiger charge is 2.16. The summed E-state index contributed by atoms with van der Waals surface area (Å²) < 4.78 is 28.9. The Morgan fingerprint density at radius 3 is 2.47 bits per heavy atom. The van der Waals surface area contributed by atoms with Crippen LogP contribution in [0.4, 0.5) is 13.9 Å². The van der Waals surface area contributed by atoms with E-state index in [-0.39, 0.29) is 11.3 Å². The molecule has 0 saturated heterocycles. The highest BCUT2D eigenvalue weighted by Crippen LogP contribution is 2.28. The van der Waals surface area contributed by atoms with E-state index < -0.39 is 11.6 Å². The molecule has 98 valence electrons. The van der Waals surface area contributed by atoms with E-state index in [0.717, 1.165) is 5.13 Å². The Hall–Kier alpha value is -2.02. The first-order valence-corrected chi connectivity index (χ1v) is 6.36. The van der Waals surface area contributed by atoms with Crippen molar-refractivity contribution in [3.63, 3.8) is 0 Å². The molecule has 0 aliphatic carbocycles. The highest BCUT2D eigenvalue weighted by atomic mass is 32.1. The molecule has 0 bridgehead atoms. The molecular weight excluding hydrogens is 270 g/mol. The van der Waals surface area contributed by atoms with Crippen LogP contribution in [0.3, 0.4) is 0 Å². The number of aromatic nitrogens is 3. The van der Waals surface area contributed by atoms with Gasteiger partial charge in [0.15, 0.2) is 0 Å². The lowest BCUT2D eigenvalue weighted by Gasteiger charge is -2.04. The Kier molecular flexibility index (Phi) is 2.70. The van der Waals surface area contributed by atoms with Gasteiger partial charge in [0.1, 0.15) is 11.6 Å². The van der Waals surface area contributed by atoms with Gasteiger partial charge in [0, 0.05) is 14.1 Å². The molecule has 0 amide bonds. The summed E-state index contributed by atoms with van der Waals surface area (Å²) in [6.45, 7) is 0. The van der Waals surface area contributed by atoms with Gasteiger partial charge in [0.05, 0.1) is 17.5 Å². The molecule has 19 heavy (non-hydrogen) atoms. The molecular formula is C12H10F2N4S. The molecule has 1 aromatic carbocycles. The molecule has 0 radical (unpaired) electrons. The second-order valence-electron chi connectivity index (χ2n) is 4.23. The predicted octanol–water partition coefficient (Wildman–Crippen LogP) is 2.80. The molecule has 4 nitrogen and oxygen atoms in total. The molecule has 0 aliphatic rings. The fourth-order valence-electron chi connectivity index (χ4n) is 1.73. The molecule has 0 atom stereocenters. The quantitative estimate of drug-likeness (QED) is 0.723. The molecule has 0 aliphatic heterocycles. The summed E-state index contributed by atoms with van der Waals surface area (Å²) in [7, 11) is 3.74. The minimum atomic E-state index is -0.626. The zero-order valence-corrected chi connectivity index (χ0v) is 11.1. The molecule has 0 unspecified atom stereocenters. The zero-order valence-electron chi connectivity index (χ0n) is 10.3. The number of fused-ring (bicyclic) bond motifs is 1. The summed E-state index contributed by atoms with van der Waals surface area (Å²) in [5.41, 5.74) is 0.131. The summed E-state index contributed by atoms with van der Waals surface area (Å²) >= 11 is 1.35. The van der Waals surface area contributed by atoms with E-state index in [9.17, 15) is 8.78 Å². The number of rotatable bonds is 2. The van der Waals surface area contributed by atoms with Crippen LogP contribution in [0.5, 0.6) is 0 Å². The van der Waals surface area contributed by atoms with Crippen LogP contribution >= 0.6 is 11.3 Å². The van der Waals surface area contributed by atoms with Gasteiger partial charge in [-0.1, -0.05) is 17.4 Å². The van der Waals surface area contributed by atoms with Crippen molar-refractivity contribution in [3.05, 3.63) is 36.0 Å². The van der Waals surface area contributed by atoms with Gasteiger partial charge < -0.3 is 4.90 Å². The van der Waals surface area contributed by atoms with Crippen molar-refractivity contribution in [1.82, 2.24) is 14.6 Å². The topological polar surface area (TPSA) is 33.4 Å². The van der Waals surface area contributed by atoms with Gasteiger partial charge in [0.2, 0.25) is 10.1 Å². The Balaban J connectivity index is 2.14. The van der Waals surface area contributed by atoms with Crippen molar-refractivity contribution in [3.8, 4) is 11.3 Å². The zero-order chi connectivity index (χ0) is 13.6. The van der Waals surface area contributed by atoms with E-state index in [2.05, 4.69) is 10.1 Å². The molecule has 3 rings (SSSR count). The van der Waals surface area contributed by atoms with Crippen molar-refractivity contribution in [2.45, 2.75) is 0 Å². The Morgan fingerprint density at radius 2 is 1.89 bits per heavy atom. The summed E-state index contributed by atoms with van der Waals surface area (Å²) in [4.78, 5) is 6.67. The molecule has 3 aromatic rings. The Bertz CT molecular complexity index is 696. The van der Waals surface area contributed by atoms with Crippen molar-refractivity contribution in [1.29, 1.82) is 0 Å². The predicted molar refractivity (Wildman–Crippen MR) is 70.5 cm³/mol. The van der Waals surface area contributed by atoms with Gasteiger partial charge in [-0.3, -0.25) is 0 Å². The van der Waals surface area contributed by atoms with Gasteiger partial charge in [-0.15, -0.1) is 5.10 Å². The van der Waals surface area contributed by atoms with Crippen LogP contribution in [0.2, 0.25) is 0 Å². The van der Waals surface area contributed by atoms with Gasteiger partial charge in [0.25, 0.3) is 0 Å². The standard InChI is InChI=1S/C12H10F2N4S/c1-17(2)12-16-18-6-9(15-11(18)19-12)10-7(13)4-3-5-8(10)14/h3-6H,1-2H3. The first kappa shape index (κ1) is 12.0. The maximum absolute atomic E-state index is 13.7. The summed E-state index contributed by atoms with van der Waals surface area (Å²) in [6, 6.07) is 3.75. The smallest absolute Gasteiger partial charge is 0.214 e. The maximum atomic E-state index is 13.7. The van der Waals surface area contributed by atoms with Crippen molar-refractivity contribution in [2.75, 3.05) is 19.0 Å². The van der Waals surface area contributed by atoms with Gasteiger partial charge in [-0.05, 0) is 12.1 Å². The van der Waals surface area contributed by atoms with Gasteiger partial charge in [-0.25, -0.2) is 18.3 Å². The molecule has 7 heteroatoms. The molecule has 0 spiro atoms. The van der Waals surface area contributed by atoms with Crippen LogP contribution in [0.15, 0.2) is 24.4 Å². The number of anilines is 1. The average molecular weight is 280 g/mol. The van der Waals surface area contributed by atoms with Crippen LogP contribution in [-0.2, 0) is 0 Å². The number of hydrogen-bond donors (Lipinski definition) is 0. The lowest BCUT2D eigenvalue weighted by Crippen LogP contribution is -2.08. The van der Waals surface area contributed by atoms with E-state index in [1.54, 1.807) is 0 Å². The van der Waals surface area contributed by atoms with Crippen molar-refractivity contribution in [2.24, 2.45) is 0 Å². The third-order valence-electron chi connectivity index (χ3n) is 2.63. The van der Waals surface area contributed by atoms with E-state index in [0.29, 0.717) is 4.96 Å². The normalized spacial score (nSPS) is 11.2. The van der Waals surface area contributed by atoms with Crippen LogP contribution in [0.25, 0.3) is 16.2 Å². The number of hydrogen-bond acceptors (Lipinski definition) is 4. The number of halogens is 2. The van der Waals surface area contributed by atoms with Crippen LogP contribution in [-0.4, -0.2) is 28.7 Å². The third-order valence-corrected chi connectivity index (χ3v) is 3.72. The van der Waals surface area contributed by atoms with Crippen LogP contribution in [0.1, 0.15) is 0 Å². The largest absolute Gasteiger partial charge is 0.353 e. The van der Waals surface area contributed by atoms with Crippen LogP contribution in [0, 0.1) is 11.6 Å². The molecule has 0 fully saturated rings. The average Bonchev–Trinajstić information content (AvgIpc) is 2.86. The fourth-order valence-corrected chi connectivity index (χ4v) is 2.54. The lowest BCUT2D eigenvalue weighted by molar-refractivity contribution is 0.589. The minimum Gasteiger partial charge on any atom is -0.353 e. The summed E-state index contributed by atoms with van der Waals surface area (Å²) in [5.74, 6) is -1.25. The second kappa shape index (κ2) is 4.27. The Labute approximate surface area is 111 Å². The minimum absolute atomic E-state index is 0.119. The highest BCUT2D eigenvalue weighted by molar-refractivity contribution is 7.20. The Morgan fingerprint density at radius 1 is 1.21 bits per heavy atom. The third kappa shape index (κ3) is 1.95. The molecule has 0 N–H and O–H groups in total. The SMILES string of the molecule is CN(C)c1nn2cc(-c3c(F)cccc3F)nc2s1. The number of nitrogens with zero attached hydrogens (tertiary/aromatic N) is 4. The maximum Gasteiger partial charge on any atom is 0.214 e. The summed E-state index contributed by atoms with van der Waals surface area (Å²) in [5, 5.41) is 5.05. The molecule has 2 heterocycles. The van der Waals surface area contributed by atoms with Crippen molar-refractivity contribution >= 4 is 21.4 Å². The fraction of sp³-hybridized carbons (Fsp3) is 0.167. The number of benzene rings is 1. The van der Waals surface area contributed by atoms with E-state index in [1.165, 1.54) is 40.2 Å². The number of imidazole rings is 1. The first-order valence-electron chi connectivity index (χ1n) is 5.54. The molecule has 0 saturated carbocycles. The first-order chi connectivity index (χ1) is 9.06. The molecule has 2 aromatic heterocycles. The van der Waals surface area contributed by atoms with E-state index >= 15 is 0 Å². The van der Waals surface area contributed by atoms with E-state index in [1.807, 2.05) is 19.0 Å². The second-order valence-corrected chi connectivity index (χ2v) is 5.16.